The molecule has 3 rings (SSSR count). The number of amides is 1. The summed E-state index contributed by atoms with van der Waals surface area (Å²) in [5.41, 5.74) is 1.99. The molecule has 2 aromatic heterocycles. The molecule has 1 aromatic carbocycles. The van der Waals surface area contributed by atoms with Crippen LogP contribution < -0.4 is 10.1 Å². The topological polar surface area (TPSA) is 71.9 Å². The van der Waals surface area contributed by atoms with E-state index >= 15 is 0 Å². The minimum absolute atomic E-state index is 0.0109. The number of ether oxygens (including phenoxy) is 1. The lowest BCUT2D eigenvalue weighted by molar-refractivity contribution is -0.125. The van der Waals surface area contributed by atoms with Crippen LogP contribution in [-0.2, 0) is 17.9 Å². The Hall–Kier alpha value is -2.76. The molecule has 0 unspecified atom stereocenters. The summed E-state index contributed by atoms with van der Waals surface area (Å²) in [4.78, 5) is 15.5. The minimum atomic E-state index is -0.139. The highest BCUT2D eigenvalue weighted by Crippen LogP contribution is 2.21. The Bertz CT molecular complexity index is 792. The third kappa shape index (κ3) is 3.53. The van der Waals surface area contributed by atoms with Crippen molar-refractivity contribution < 1.29 is 9.53 Å². The van der Waals surface area contributed by atoms with Gasteiger partial charge >= 0.3 is 0 Å². The van der Waals surface area contributed by atoms with Crippen molar-refractivity contribution in [3.63, 3.8) is 0 Å². The molecule has 2 heterocycles. The number of fused-ring (bicyclic) bond motifs is 1. The first-order valence-electron chi connectivity index (χ1n) is 7.56. The lowest BCUT2D eigenvalue weighted by atomic mass is 10.1. The fourth-order valence-electron chi connectivity index (χ4n) is 2.52. The number of nitrogens with one attached hydrogen (secondary N) is 2. The van der Waals surface area contributed by atoms with E-state index in [-0.39, 0.29) is 11.8 Å². The lowest BCUT2D eigenvalue weighted by Crippen LogP contribution is -2.31. The summed E-state index contributed by atoms with van der Waals surface area (Å²) in [5.74, 6) is 0.691. The Morgan fingerprint density at radius 3 is 3.04 bits per heavy atom. The van der Waals surface area contributed by atoms with Crippen LogP contribution in [0.5, 0.6) is 5.75 Å². The maximum absolute atomic E-state index is 12.2. The van der Waals surface area contributed by atoms with Crippen LogP contribution in [-0.4, -0.2) is 27.8 Å². The van der Waals surface area contributed by atoms with E-state index in [1.165, 1.54) is 0 Å². The first kappa shape index (κ1) is 15.1. The second-order valence-electron chi connectivity index (χ2n) is 5.59. The second kappa shape index (κ2) is 6.56. The van der Waals surface area contributed by atoms with Gasteiger partial charge in [-0.05, 0) is 30.3 Å². The highest BCUT2D eigenvalue weighted by Gasteiger charge is 2.13. The van der Waals surface area contributed by atoms with Gasteiger partial charge in [-0.15, -0.1) is 0 Å². The van der Waals surface area contributed by atoms with E-state index in [2.05, 4.69) is 15.4 Å². The highest BCUT2D eigenvalue weighted by atomic mass is 16.5. The highest BCUT2D eigenvalue weighted by molar-refractivity contribution is 5.82. The Morgan fingerprint density at radius 1 is 1.43 bits per heavy atom. The smallest absolute Gasteiger partial charge is 0.225 e. The summed E-state index contributed by atoms with van der Waals surface area (Å²) in [7, 11) is 1.65. The van der Waals surface area contributed by atoms with Gasteiger partial charge in [-0.2, -0.15) is 5.10 Å². The van der Waals surface area contributed by atoms with Gasteiger partial charge in [-0.3, -0.25) is 9.48 Å². The monoisotopic (exact) mass is 312 g/mol. The standard InChI is InChI=1S/C17H20N4O2/c1-12(11-21-7-3-6-19-21)17(22)18-10-14-8-13-9-15(23-2)4-5-16(13)20-14/h3-9,12,20H,10-11H2,1-2H3,(H,18,22)/t12-/m0/s1. The Morgan fingerprint density at radius 2 is 2.30 bits per heavy atom. The molecule has 0 bridgehead atoms. The van der Waals surface area contributed by atoms with Gasteiger partial charge in [-0.25, -0.2) is 0 Å². The van der Waals surface area contributed by atoms with Gasteiger partial charge in [-0.1, -0.05) is 6.92 Å². The molecule has 0 saturated heterocycles. The van der Waals surface area contributed by atoms with Gasteiger partial charge in [0.25, 0.3) is 0 Å². The Balaban J connectivity index is 1.60. The molecule has 120 valence electrons. The normalized spacial score (nSPS) is 12.3. The molecule has 0 aliphatic rings. The number of benzene rings is 1. The van der Waals surface area contributed by atoms with E-state index in [4.69, 9.17) is 4.74 Å². The number of carbonyl (C=O) groups excluding carboxylic acids is 1. The van der Waals surface area contributed by atoms with Crippen LogP contribution in [0.25, 0.3) is 10.9 Å². The van der Waals surface area contributed by atoms with Crippen LogP contribution in [0.15, 0.2) is 42.7 Å². The number of hydrogen-bond donors (Lipinski definition) is 2. The predicted octanol–water partition coefficient (Wildman–Crippen LogP) is 2.33. The zero-order chi connectivity index (χ0) is 16.2. The van der Waals surface area contributed by atoms with E-state index in [0.29, 0.717) is 13.1 Å². The van der Waals surface area contributed by atoms with Crippen LogP contribution in [0.2, 0.25) is 0 Å². The van der Waals surface area contributed by atoms with Crippen LogP contribution in [0.3, 0.4) is 0 Å². The van der Waals surface area contributed by atoms with Gasteiger partial charge in [0.1, 0.15) is 5.75 Å². The maximum atomic E-state index is 12.2. The van der Waals surface area contributed by atoms with Crippen molar-refractivity contribution in [2.75, 3.05) is 7.11 Å². The van der Waals surface area contributed by atoms with Gasteiger partial charge in [0.05, 0.1) is 26.1 Å². The number of hydrogen-bond acceptors (Lipinski definition) is 3. The molecule has 3 aromatic rings. The molecule has 0 radical (unpaired) electrons. The molecule has 0 saturated carbocycles. The number of rotatable bonds is 6. The molecule has 6 heteroatoms. The molecule has 23 heavy (non-hydrogen) atoms. The van der Waals surface area contributed by atoms with Crippen LogP contribution in [0.4, 0.5) is 0 Å². The summed E-state index contributed by atoms with van der Waals surface area (Å²) in [6.45, 7) is 2.94. The predicted molar refractivity (Wildman–Crippen MR) is 88.1 cm³/mol. The van der Waals surface area contributed by atoms with Crippen molar-refractivity contribution in [3.8, 4) is 5.75 Å². The molecule has 1 atom stereocenters. The first-order valence-corrected chi connectivity index (χ1v) is 7.56. The molecule has 0 fully saturated rings. The summed E-state index contributed by atoms with van der Waals surface area (Å²) >= 11 is 0. The average Bonchev–Trinajstić information content (AvgIpc) is 3.20. The van der Waals surface area contributed by atoms with E-state index in [1.807, 2.05) is 43.5 Å². The molecular weight excluding hydrogens is 292 g/mol. The van der Waals surface area contributed by atoms with Crippen LogP contribution >= 0.6 is 0 Å². The molecule has 2 N–H and O–H groups in total. The number of H-pyrrole nitrogens is 1. The SMILES string of the molecule is COc1ccc2[nH]c(CNC(=O)[C@@H](C)Cn3cccn3)cc2c1. The molecular formula is C17H20N4O2. The van der Waals surface area contributed by atoms with Gasteiger partial charge in [0, 0.05) is 29.0 Å². The zero-order valence-corrected chi connectivity index (χ0v) is 13.2. The fraction of sp³-hybridized carbons (Fsp3) is 0.294. The number of aromatic amines is 1. The van der Waals surface area contributed by atoms with Gasteiger partial charge in [0.15, 0.2) is 0 Å². The van der Waals surface area contributed by atoms with Crippen molar-refractivity contribution in [2.24, 2.45) is 5.92 Å². The largest absolute Gasteiger partial charge is 0.497 e. The van der Waals surface area contributed by atoms with Gasteiger partial charge < -0.3 is 15.0 Å². The van der Waals surface area contributed by atoms with Crippen molar-refractivity contribution in [2.45, 2.75) is 20.0 Å². The lowest BCUT2D eigenvalue weighted by Gasteiger charge is -2.11. The van der Waals surface area contributed by atoms with E-state index in [9.17, 15) is 4.79 Å². The molecule has 0 aliphatic heterocycles. The number of carbonyl (C=O) groups is 1. The average molecular weight is 312 g/mol. The van der Waals surface area contributed by atoms with Crippen LogP contribution in [0, 0.1) is 5.92 Å². The van der Waals surface area contributed by atoms with E-state index in [1.54, 1.807) is 18.0 Å². The summed E-state index contributed by atoms with van der Waals surface area (Å²) < 4.78 is 6.98. The van der Waals surface area contributed by atoms with E-state index < -0.39 is 0 Å². The Kier molecular flexibility index (Phi) is 4.32. The molecule has 0 aliphatic carbocycles. The maximum Gasteiger partial charge on any atom is 0.225 e. The van der Waals surface area contributed by atoms with Crippen molar-refractivity contribution in [1.29, 1.82) is 0 Å². The third-order valence-corrected chi connectivity index (χ3v) is 3.80. The van der Waals surface area contributed by atoms with Crippen molar-refractivity contribution in [3.05, 3.63) is 48.4 Å². The number of nitrogens with zero attached hydrogens (tertiary/aromatic N) is 2. The summed E-state index contributed by atoms with van der Waals surface area (Å²) in [6.07, 6.45) is 3.57. The summed E-state index contributed by atoms with van der Waals surface area (Å²) in [5, 5.41) is 8.15. The first-order chi connectivity index (χ1) is 11.2. The van der Waals surface area contributed by atoms with Crippen molar-refractivity contribution in [1.82, 2.24) is 20.1 Å². The zero-order valence-electron chi connectivity index (χ0n) is 13.2. The Labute approximate surface area is 134 Å². The summed E-state index contributed by atoms with van der Waals surface area (Å²) in [6, 6.07) is 9.73. The fourth-order valence-corrected chi connectivity index (χ4v) is 2.52. The molecule has 6 nitrogen and oxygen atoms in total. The number of aromatic nitrogens is 3. The third-order valence-electron chi connectivity index (χ3n) is 3.80. The van der Waals surface area contributed by atoms with Crippen molar-refractivity contribution >= 4 is 16.8 Å². The quantitative estimate of drug-likeness (QED) is 0.734. The molecule has 1 amide bonds. The minimum Gasteiger partial charge on any atom is -0.497 e. The van der Waals surface area contributed by atoms with Crippen LogP contribution in [0.1, 0.15) is 12.6 Å². The van der Waals surface area contributed by atoms with E-state index in [0.717, 1.165) is 22.3 Å². The second-order valence-corrected chi connectivity index (χ2v) is 5.59. The van der Waals surface area contributed by atoms with Gasteiger partial charge in [0.2, 0.25) is 5.91 Å². The molecule has 0 spiro atoms. The number of methoxy groups -OCH3 is 1.